The Balaban J connectivity index is 1.34. The van der Waals surface area contributed by atoms with Gasteiger partial charge in [0.25, 0.3) is 0 Å². The number of allylic oxidation sites excluding steroid dienone is 1. The van der Waals surface area contributed by atoms with E-state index in [4.69, 9.17) is 13.9 Å². The topological polar surface area (TPSA) is 86.0 Å². The Bertz CT molecular complexity index is 1440. The molecule has 45 heavy (non-hydrogen) atoms. The van der Waals surface area contributed by atoms with Crippen LogP contribution in [0.1, 0.15) is 89.2 Å². The number of esters is 2. The monoisotopic (exact) mass is 616 g/mol. The lowest BCUT2D eigenvalue weighted by atomic mass is 9.86. The Labute approximate surface area is 269 Å². The summed E-state index contributed by atoms with van der Waals surface area (Å²) < 4.78 is 17.4. The Morgan fingerprint density at radius 1 is 1.00 bits per heavy atom. The summed E-state index contributed by atoms with van der Waals surface area (Å²) in [4.78, 5) is 25.9. The summed E-state index contributed by atoms with van der Waals surface area (Å²) in [5, 5.41) is 11.2. The van der Waals surface area contributed by atoms with Gasteiger partial charge in [-0.05, 0) is 92.5 Å². The number of hydrogen-bond acceptors (Lipinski definition) is 6. The quantitative estimate of drug-likeness (QED) is 0.129. The average molecular weight is 617 g/mol. The van der Waals surface area contributed by atoms with Crippen molar-refractivity contribution in [1.29, 1.82) is 0 Å². The molecule has 1 saturated heterocycles. The number of ether oxygens (including phenoxy) is 2. The maximum absolute atomic E-state index is 13.2. The average Bonchev–Trinajstić information content (AvgIpc) is 3.56. The molecule has 0 spiro atoms. The van der Waals surface area contributed by atoms with E-state index < -0.39 is 24.1 Å². The molecule has 244 valence electrons. The number of aliphatic hydroxyl groups is 1. The molecule has 1 aliphatic heterocycles. The Kier molecular flexibility index (Phi) is 12.1. The highest BCUT2D eigenvalue weighted by atomic mass is 16.6. The number of carbonyl (C=O) groups is 2. The zero-order chi connectivity index (χ0) is 32.6. The number of rotatable bonds is 16. The van der Waals surface area contributed by atoms with Gasteiger partial charge in [0.05, 0.1) is 12.5 Å². The molecule has 0 saturated carbocycles. The summed E-state index contributed by atoms with van der Waals surface area (Å²) in [6.07, 6.45) is 8.09. The van der Waals surface area contributed by atoms with Gasteiger partial charge >= 0.3 is 11.9 Å². The molecule has 1 N–H and O–H groups in total. The maximum atomic E-state index is 13.2. The summed E-state index contributed by atoms with van der Waals surface area (Å²) in [6, 6.07) is 16.9. The van der Waals surface area contributed by atoms with Crippen molar-refractivity contribution < 1.29 is 28.6 Å². The van der Waals surface area contributed by atoms with Gasteiger partial charge in [-0.15, -0.1) is 0 Å². The van der Waals surface area contributed by atoms with Crippen molar-refractivity contribution in [3.05, 3.63) is 82.6 Å². The first-order chi connectivity index (χ1) is 21.5. The lowest BCUT2D eigenvalue weighted by molar-refractivity contribution is -0.168. The normalized spacial score (nSPS) is 18.4. The van der Waals surface area contributed by atoms with Crippen molar-refractivity contribution in [3.8, 4) is 0 Å². The highest BCUT2D eigenvalue weighted by molar-refractivity contribution is 5.91. The third-order valence-electron chi connectivity index (χ3n) is 8.89. The molecule has 1 aliphatic rings. The van der Waals surface area contributed by atoms with Gasteiger partial charge in [0.2, 0.25) is 0 Å². The van der Waals surface area contributed by atoms with Crippen LogP contribution in [-0.2, 0) is 38.3 Å². The fraction of sp³-hybridized carbons (Fsp3) is 0.538. The van der Waals surface area contributed by atoms with Crippen molar-refractivity contribution in [2.45, 2.75) is 98.5 Å². The third-order valence-corrected chi connectivity index (χ3v) is 8.89. The second-order valence-corrected chi connectivity index (χ2v) is 14.0. The number of carbonyl (C=O) groups excluding carboxylic acids is 2. The number of benzene rings is 2. The summed E-state index contributed by atoms with van der Waals surface area (Å²) >= 11 is 0. The Morgan fingerprint density at radius 2 is 1.67 bits per heavy atom. The van der Waals surface area contributed by atoms with Crippen molar-refractivity contribution in [2.24, 2.45) is 23.7 Å². The Hall–Kier alpha value is -3.38. The van der Waals surface area contributed by atoms with Gasteiger partial charge < -0.3 is 19.0 Å². The summed E-state index contributed by atoms with van der Waals surface area (Å²) in [5.74, 6) is 1.15. The minimum Gasteiger partial charge on any atom is -0.461 e. The maximum Gasteiger partial charge on any atom is 0.334 e. The summed E-state index contributed by atoms with van der Waals surface area (Å²) in [5.41, 5.74) is 3.94. The molecule has 2 aromatic carbocycles. The van der Waals surface area contributed by atoms with Crippen LogP contribution in [0, 0.1) is 30.6 Å². The molecule has 0 radical (unpaired) electrons. The molecule has 0 bridgehead atoms. The number of aliphatic hydroxyl groups excluding tert-OH is 1. The standard InChI is InChI=1S/C39H52O6/c1-7-32(21-35-22-34-20-30(15-17-36(34)44-35)13-12-29-10-8-28(6)9-11-29)37(41)43-25-39(24-40)23-33(38(42)45-39)16-14-31(18-26(2)3)19-27(4)5/h8-11,15-17,20,22,26-27,31-32,40H,7,12-14,18-19,21,23-25H2,1-6H3/b33-16+/t32-,39-/m1/s1. The predicted molar refractivity (Wildman–Crippen MR) is 179 cm³/mol. The van der Waals surface area contributed by atoms with E-state index in [1.807, 2.05) is 25.1 Å². The molecular formula is C39H52O6. The van der Waals surface area contributed by atoms with Gasteiger partial charge in [-0.1, -0.05) is 76.6 Å². The fourth-order valence-electron chi connectivity index (χ4n) is 6.42. The molecular weight excluding hydrogens is 564 g/mol. The Morgan fingerprint density at radius 3 is 2.31 bits per heavy atom. The van der Waals surface area contributed by atoms with E-state index in [-0.39, 0.29) is 19.0 Å². The molecule has 0 unspecified atom stereocenters. The largest absolute Gasteiger partial charge is 0.461 e. The summed E-state index contributed by atoms with van der Waals surface area (Å²) in [6.45, 7) is 12.3. The van der Waals surface area contributed by atoms with Crippen molar-refractivity contribution in [2.75, 3.05) is 13.2 Å². The minimum atomic E-state index is -1.24. The van der Waals surface area contributed by atoms with Crippen LogP contribution in [0.5, 0.6) is 0 Å². The van der Waals surface area contributed by atoms with E-state index in [9.17, 15) is 14.7 Å². The second kappa shape index (κ2) is 15.8. The second-order valence-electron chi connectivity index (χ2n) is 14.0. The molecule has 4 rings (SSSR count). The lowest BCUT2D eigenvalue weighted by Crippen LogP contribution is -2.40. The van der Waals surface area contributed by atoms with Gasteiger partial charge in [0.15, 0.2) is 5.60 Å². The van der Waals surface area contributed by atoms with Gasteiger partial charge in [0, 0.05) is 23.8 Å². The van der Waals surface area contributed by atoms with Crippen molar-refractivity contribution in [1.82, 2.24) is 0 Å². The summed E-state index contributed by atoms with van der Waals surface area (Å²) in [7, 11) is 0. The van der Waals surface area contributed by atoms with E-state index >= 15 is 0 Å². The number of cyclic esters (lactones) is 1. The fourth-order valence-corrected chi connectivity index (χ4v) is 6.42. The van der Waals surface area contributed by atoms with Crippen LogP contribution >= 0.6 is 0 Å². The number of furan rings is 1. The highest BCUT2D eigenvalue weighted by Gasteiger charge is 2.45. The third kappa shape index (κ3) is 9.80. The smallest absolute Gasteiger partial charge is 0.334 e. The number of hydrogen-bond donors (Lipinski definition) is 1. The van der Waals surface area contributed by atoms with E-state index in [1.54, 1.807) is 0 Å². The molecule has 2 atom stereocenters. The van der Waals surface area contributed by atoms with Crippen LogP contribution in [0.3, 0.4) is 0 Å². The molecule has 6 heteroatoms. The molecule has 0 aliphatic carbocycles. The van der Waals surface area contributed by atoms with Gasteiger partial charge in [-0.3, -0.25) is 4.79 Å². The van der Waals surface area contributed by atoms with E-state index in [2.05, 4.69) is 71.0 Å². The first-order valence-electron chi connectivity index (χ1n) is 16.8. The number of fused-ring (bicyclic) bond motifs is 1. The van der Waals surface area contributed by atoms with Crippen LogP contribution in [-0.4, -0.2) is 35.9 Å². The van der Waals surface area contributed by atoms with E-state index in [0.717, 1.165) is 48.8 Å². The van der Waals surface area contributed by atoms with Crippen LogP contribution in [0.4, 0.5) is 0 Å². The SMILES string of the molecule is CC[C@H](Cc1cc2cc(CCc3ccc(C)cc3)ccc2o1)C(=O)OC[C@]1(CO)C/C(=C\CC(CC(C)C)CC(C)C)C(=O)O1. The van der Waals surface area contributed by atoms with Gasteiger partial charge in [-0.25, -0.2) is 4.79 Å². The predicted octanol–water partition coefficient (Wildman–Crippen LogP) is 8.34. The molecule has 2 heterocycles. The lowest BCUT2D eigenvalue weighted by Gasteiger charge is -2.25. The molecule has 1 fully saturated rings. The first-order valence-corrected chi connectivity index (χ1v) is 16.8. The highest BCUT2D eigenvalue weighted by Crippen LogP contribution is 2.34. The van der Waals surface area contributed by atoms with Crippen molar-refractivity contribution in [3.63, 3.8) is 0 Å². The van der Waals surface area contributed by atoms with E-state index in [0.29, 0.717) is 36.2 Å². The minimum absolute atomic E-state index is 0.173. The van der Waals surface area contributed by atoms with Gasteiger partial charge in [-0.2, -0.15) is 0 Å². The first kappa shape index (κ1) is 34.5. The molecule has 3 aromatic rings. The van der Waals surface area contributed by atoms with Crippen molar-refractivity contribution >= 4 is 22.9 Å². The van der Waals surface area contributed by atoms with Crippen LogP contribution in [0.15, 0.2) is 64.6 Å². The zero-order valence-electron chi connectivity index (χ0n) is 28.1. The van der Waals surface area contributed by atoms with E-state index in [1.165, 1.54) is 16.7 Å². The van der Waals surface area contributed by atoms with Gasteiger partial charge in [0.1, 0.15) is 18.0 Å². The van der Waals surface area contributed by atoms with Crippen LogP contribution in [0.25, 0.3) is 11.0 Å². The molecule has 0 amide bonds. The molecule has 1 aromatic heterocycles. The number of aryl methyl sites for hydroxylation is 3. The van der Waals surface area contributed by atoms with Crippen LogP contribution in [0.2, 0.25) is 0 Å². The van der Waals surface area contributed by atoms with Crippen LogP contribution < -0.4 is 0 Å². The molecule has 6 nitrogen and oxygen atoms in total. The zero-order valence-corrected chi connectivity index (χ0v) is 28.1.